The number of hydrogen-bond acceptors (Lipinski definition) is 10. The fraction of sp³-hybridized carbons (Fsp3) is 0.400. The molecule has 1 saturated heterocycles. The maximum atomic E-state index is 13.0. The number of aliphatic hydroxyl groups excluding tert-OH is 2. The Bertz CT molecular complexity index is 1550. The summed E-state index contributed by atoms with van der Waals surface area (Å²) < 4.78 is 22.5. The molecule has 2 heterocycles. The lowest BCUT2D eigenvalue weighted by atomic mass is 9.89. The first-order valence-corrected chi connectivity index (χ1v) is 13.0. The van der Waals surface area contributed by atoms with Gasteiger partial charge < -0.3 is 44.4 Å². The standard InChI is InChI=1S/C30H35NO10/c1-14(2)7-8-16-13-17(9-11-19(16)32)27(36)31-21-22(33)18-10-12-20(15(3)25(18)40-28(21)37)39-29-24(35)23(34)26(38-6)30(4,5)41-29/h7,9-13,23-24,26,29,32-35H,8H2,1-6H3,(H,31,36)/t23-,24+,26+,29+/m0/s1. The van der Waals surface area contributed by atoms with E-state index in [9.17, 15) is 30.0 Å². The predicted molar refractivity (Wildman–Crippen MR) is 150 cm³/mol. The Hall–Kier alpha value is -3.90. The van der Waals surface area contributed by atoms with Crippen molar-refractivity contribution in [2.75, 3.05) is 12.4 Å². The summed E-state index contributed by atoms with van der Waals surface area (Å²) in [5, 5.41) is 44.7. The van der Waals surface area contributed by atoms with Gasteiger partial charge in [0.25, 0.3) is 5.91 Å². The van der Waals surface area contributed by atoms with Crippen LogP contribution in [0.1, 0.15) is 49.2 Å². The second kappa shape index (κ2) is 11.5. The molecule has 11 heteroatoms. The van der Waals surface area contributed by atoms with Crippen molar-refractivity contribution in [3.8, 4) is 17.2 Å². The molecule has 1 aromatic heterocycles. The van der Waals surface area contributed by atoms with Gasteiger partial charge in [0.1, 0.15) is 35.4 Å². The molecule has 0 aliphatic carbocycles. The van der Waals surface area contributed by atoms with Crippen LogP contribution in [0.25, 0.3) is 11.0 Å². The van der Waals surface area contributed by atoms with Crippen LogP contribution < -0.4 is 15.7 Å². The third kappa shape index (κ3) is 5.94. The average Bonchev–Trinajstić information content (AvgIpc) is 2.90. The normalized spacial score (nSPS) is 21.9. The number of phenolic OH excluding ortho intramolecular Hbond substituents is 1. The monoisotopic (exact) mass is 569 g/mol. The highest BCUT2D eigenvalue weighted by Gasteiger charge is 2.50. The van der Waals surface area contributed by atoms with E-state index in [0.29, 0.717) is 17.5 Å². The van der Waals surface area contributed by atoms with Crippen molar-refractivity contribution >= 4 is 22.6 Å². The van der Waals surface area contributed by atoms with Gasteiger partial charge in [0.05, 0.1) is 11.0 Å². The Balaban J connectivity index is 1.62. The molecule has 5 N–H and O–H groups in total. The van der Waals surface area contributed by atoms with Crippen LogP contribution in [-0.4, -0.2) is 63.6 Å². The number of nitrogens with one attached hydrogen (secondary N) is 1. The van der Waals surface area contributed by atoms with E-state index in [1.165, 1.54) is 37.4 Å². The second-order valence-corrected chi connectivity index (χ2v) is 10.8. The van der Waals surface area contributed by atoms with Crippen molar-refractivity contribution in [1.82, 2.24) is 0 Å². The van der Waals surface area contributed by atoms with Crippen LogP contribution in [0.4, 0.5) is 5.69 Å². The second-order valence-electron chi connectivity index (χ2n) is 10.8. The number of rotatable bonds is 7. The number of benzene rings is 2. The Morgan fingerprint density at radius 1 is 1.12 bits per heavy atom. The minimum atomic E-state index is -1.44. The average molecular weight is 570 g/mol. The Kier molecular flexibility index (Phi) is 8.46. The molecule has 2 aromatic carbocycles. The summed E-state index contributed by atoms with van der Waals surface area (Å²) in [7, 11) is 1.40. The number of aryl methyl sites for hydroxylation is 1. The molecule has 1 aliphatic rings. The molecule has 41 heavy (non-hydrogen) atoms. The molecular formula is C30H35NO10. The van der Waals surface area contributed by atoms with Gasteiger partial charge in [-0.05, 0) is 76.9 Å². The van der Waals surface area contributed by atoms with Crippen molar-refractivity contribution < 1.29 is 43.8 Å². The molecule has 11 nitrogen and oxygen atoms in total. The molecule has 1 fully saturated rings. The number of hydrogen-bond donors (Lipinski definition) is 5. The van der Waals surface area contributed by atoms with Crippen LogP contribution >= 0.6 is 0 Å². The van der Waals surface area contributed by atoms with E-state index < -0.39 is 53.2 Å². The first kappa shape index (κ1) is 30.1. The van der Waals surface area contributed by atoms with Gasteiger partial charge in [0.2, 0.25) is 6.29 Å². The van der Waals surface area contributed by atoms with E-state index in [1.54, 1.807) is 20.8 Å². The molecule has 220 valence electrons. The minimum absolute atomic E-state index is 0.00322. The molecule has 0 radical (unpaired) electrons. The van der Waals surface area contributed by atoms with Gasteiger partial charge in [-0.2, -0.15) is 0 Å². The number of anilines is 1. The van der Waals surface area contributed by atoms with Crippen LogP contribution in [0, 0.1) is 6.92 Å². The van der Waals surface area contributed by atoms with Crippen LogP contribution in [-0.2, 0) is 15.9 Å². The summed E-state index contributed by atoms with van der Waals surface area (Å²) >= 11 is 0. The minimum Gasteiger partial charge on any atom is -0.508 e. The van der Waals surface area contributed by atoms with Gasteiger partial charge in [0.15, 0.2) is 11.4 Å². The number of methoxy groups -OCH3 is 1. The van der Waals surface area contributed by atoms with Crippen molar-refractivity contribution in [3.63, 3.8) is 0 Å². The number of allylic oxidation sites excluding steroid dienone is 2. The maximum absolute atomic E-state index is 13.0. The van der Waals surface area contributed by atoms with Gasteiger partial charge in [-0.1, -0.05) is 11.6 Å². The third-order valence-electron chi connectivity index (χ3n) is 7.10. The number of amides is 1. The van der Waals surface area contributed by atoms with Gasteiger partial charge in [-0.25, -0.2) is 4.79 Å². The number of ether oxygens (including phenoxy) is 3. The number of aromatic hydroxyl groups is 2. The quantitative estimate of drug-likeness (QED) is 0.210. The molecule has 3 aromatic rings. The zero-order chi connectivity index (χ0) is 30.2. The van der Waals surface area contributed by atoms with Crippen LogP contribution in [0.3, 0.4) is 0 Å². The topological polar surface area (TPSA) is 168 Å². The van der Waals surface area contributed by atoms with E-state index in [-0.39, 0.29) is 28.0 Å². The summed E-state index contributed by atoms with van der Waals surface area (Å²) in [4.78, 5) is 25.8. The third-order valence-corrected chi connectivity index (χ3v) is 7.10. The maximum Gasteiger partial charge on any atom is 0.364 e. The first-order valence-electron chi connectivity index (χ1n) is 13.0. The zero-order valence-corrected chi connectivity index (χ0v) is 23.7. The van der Waals surface area contributed by atoms with Gasteiger partial charge in [-0.3, -0.25) is 4.79 Å². The van der Waals surface area contributed by atoms with Crippen molar-refractivity contribution in [3.05, 3.63) is 69.1 Å². The molecule has 0 spiro atoms. The lowest BCUT2D eigenvalue weighted by Gasteiger charge is -2.46. The van der Waals surface area contributed by atoms with Gasteiger partial charge in [0, 0.05) is 18.2 Å². The van der Waals surface area contributed by atoms with E-state index >= 15 is 0 Å². The van der Waals surface area contributed by atoms with Crippen LogP contribution in [0.2, 0.25) is 0 Å². The Morgan fingerprint density at radius 2 is 1.83 bits per heavy atom. The Morgan fingerprint density at radius 3 is 2.49 bits per heavy atom. The largest absolute Gasteiger partial charge is 0.508 e. The molecule has 4 rings (SSSR count). The number of phenols is 1. The molecule has 4 atom stereocenters. The summed E-state index contributed by atoms with van der Waals surface area (Å²) in [5.74, 6) is -0.978. The zero-order valence-electron chi connectivity index (χ0n) is 23.7. The molecular weight excluding hydrogens is 534 g/mol. The highest BCUT2D eigenvalue weighted by Crippen LogP contribution is 2.38. The SMILES string of the molecule is CO[C@@H]1[C@@H](O)[C@@H](O)[C@H](Oc2ccc3c(O)c(NC(=O)c4ccc(O)c(CC=C(C)C)c4)c(=O)oc3c2C)OC1(C)C. The fourth-order valence-corrected chi connectivity index (χ4v) is 4.82. The summed E-state index contributed by atoms with van der Waals surface area (Å²) in [5.41, 5.74) is -0.390. The molecule has 1 aliphatic heterocycles. The first-order chi connectivity index (χ1) is 19.2. The van der Waals surface area contributed by atoms with Gasteiger partial charge >= 0.3 is 5.63 Å². The number of carbonyl (C=O) groups excluding carboxylic acids is 1. The van der Waals surface area contributed by atoms with E-state index in [4.69, 9.17) is 18.6 Å². The van der Waals surface area contributed by atoms with E-state index in [2.05, 4.69) is 5.32 Å². The Labute approximate surface area is 236 Å². The predicted octanol–water partition coefficient (Wildman–Crippen LogP) is 3.52. The molecule has 0 saturated carbocycles. The van der Waals surface area contributed by atoms with Gasteiger partial charge in [-0.15, -0.1) is 0 Å². The number of aliphatic hydroxyl groups is 2. The van der Waals surface area contributed by atoms with Crippen LogP contribution in [0.15, 0.2) is 51.2 Å². The summed E-state index contributed by atoms with van der Waals surface area (Å²) in [6, 6.07) is 7.21. The van der Waals surface area contributed by atoms with Crippen molar-refractivity contribution in [2.45, 2.75) is 71.2 Å². The smallest absolute Gasteiger partial charge is 0.364 e. The summed E-state index contributed by atoms with van der Waals surface area (Å²) in [6.07, 6.45) is -2.49. The molecule has 1 amide bonds. The highest BCUT2D eigenvalue weighted by atomic mass is 16.7. The molecule has 0 unspecified atom stereocenters. The fourth-order valence-electron chi connectivity index (χ4n) is 4.82. The summed E-state index contributed by atoms with van der Waals surface area (Å²) in [6.45, 7) is 8.80. The van der Waals surface area contributed by atoms with E-state index in [0.717, 1.165) is 5.57 Å². The van der Waals surface area contributed by atoms with Crippen LogP contribution in [0.5, 0.6) is 17.2 Å². The van der Waals surface area contributed by atoms with Crippen molar-refractivity contribution in [2.24, 2.45) is 0 Å². The highest BCUT2D eigenvalue weighted by molar-refractivity contribution is 6.06. The lowest BCUT2D eigenvalue weighted by Crippen LogP contribution is -2.63. The number of carbonyl (C=O) groups is 1. The lowest BCUT2D eigenvalue weighted by molar-refractivity contribution is -0.306. The molecule has 0 bridgehead atoms. The van der Waals surface area contributed by atoms with E-state index in [1.807, 2.05) is 19.9 Å². The van der Waals surface area contributed by atoms with Crippen molar-refractivity contribution in [1.29, 1.82) is 0 Å². The number of fused-ring (bicyclic) bond motifs is 1.